The van der Waals surface area contributed by atoms with Gasteiger partial charge in [0.2, 0.25) is 5.91 Å². The lowest BCUT2D eigenvalue weighted by Gasteiger charge is -2.33. The molecule has 1 fully saturated rings. The molecule has 0 saturated heterocycles. The van der Waals surface area contributed by atoms with Gasteiger partial charge in [-0.1, -0.05) is 26.0 Å². The molecule has 1 aliphatic carbocycles. The van der Waals surface area contributed by atoms with E-state index in [1.54, 1.807) is 0 Å². The Morgan fingerprint density at radius 2 is 2.05 bits per heavy atom. The lowest BCUT2D eigenvalue weighted by molar-refractivity contribution is -0.115. The summed E-state index contributed by atoms with van der Waals surface area (Å²) in [4.78, 5) is 12.0. The molecule has 4 heteroatoms. The van der Waals surface area contributed by atoms with Crippen molar-refractivity contribution in [2.24, 2.45) is 17.6 Å². The minimum atomic E-state index is -0.273. The van der Waals surface area contributed by atoms with E-state index in [9.17, 15) is 4.79 Å². The Kier molecular flexibility index (Phi) is 5.35. The van der Waals surface area contributed by atoms with Gasteiger partial charge in [-0.3, -0.25) is 4.79 Å². The molecule has 0 spiro atoms. The summed E-state index contributed by atoms with van der Waals surface area (Å²) in [7, 11) is 0. The van der Waals surface area contributed by atoms with Crippen molar-refractivity contribution in [1.29, 1.82) is 0 Å². The van der Waals surface area contributed by atoms with Crippen LogP contribution in [0.25, 0.3) is 0 Å². The number of primary amides is 1. The fraction of sp³-hybridized carbons (Fsp3) is 0.562. The fourth-order valence-electron chi connectivity index (χ4n) is 2.76. The number of benzene rings is 1. The smallest absolute Gasteiger partial charge is 0.227 e. The van der Waals surface area contributed by atoms with Crippen LogP contribution >= 0.6 is 11.8 Å². The van der Waals surface area contributed by atoms with E-state index in [-0.39, 0.29) is 5.91 Å². The number of rotatable bonds is 5. The summed E-state index contributed by atoms with van der Waals surface area (Å²) < 4.78 is 0. The standard InChI is InChI=1S/C16H24N2OS/c1-11-7-8-13(9-12(11)2)18-14-5-3-4-6-15(14)20-10-16(17)19/h3-6,11-13,18H,7-10H2,1-2H3,(H2,17,19). The molecule has 0 aromatic heterocycles. The predicted molar refractivity (Wildman–Crippen MR) is 86.0 cm³/mol. The summed E-state index contributed by atoms with van der Waals surface area (Å²) in [5.41, 5.74) is 6.36. The quantitative estimate of drug-likeness (QED) is 0.817. The summed E-state index contributed by atoms with van der Waals surface area (Å²) in [6, 6.07) is 8.71. The molecular weight excluding hydrogens is 268 g/mol. The molecule has 3 unspecified atom stereocenters. The number of hydrogen-bond donors (Lipinski definition) is 2. The van der Waals surface area contributed by atoms with Crippen LogP contribution in [0.2, 0.25) is 0 Å². The lowest BCUT2D eigenvalue weighted by Crippen LogP contribution is -2.30. The second kappa shape index (κ2) is 7.02. The molecule has 1 aliphatic rings. The first kappa shape index (κ1) is 15.2. The second-order valence-corrected chi connectivity index (χ2v) is 6.88. The van der Waals surface area contributed by atoms with Crippen LogP contribution in [0, 0.1) is 11.8 Å². The number of nitrogens with one attached hydrogen (secondary N) is 1. The number of carbonyl (C=O) groups excluding carboxylic acids is 1. The maximum atomic E-state index is 10.9. The molecule has 1 aromatic carbocycles. The minimum absolute atomic E-state index is 0.273. The Hall–Kier alpha value is -1.16. The molecule has 0 radical (unpaired) electrons. The van der Waals surface area contributed by atoms with E-state index in [1.165, 1.54) is 31.0 Å². The van der Waals surface area contributed by atoms with Crippen LogP contribution in [-0.4, -0.2) is 17.7 Å². The summed E-state index contributed by atoms with van der Waals surface area (Å²) in [5, 5.41) is 3.65. The Balaban J connectivity index is 2.00. The first-order chi connectivity index (χ1) is 9.56. The average molecular weight is 292 g/mol. The molecular formula is C16H24N2OS. The fourth-order valence-corrected chi connectivity index (χ4v) is 3.51. The van der Waals surface area contributed by atoms with E-state index in [0.717, 1.165) is 22.4 Å². The number of anilines is 1. The molecule has 3 N–H and O–H groups in total. The van der Waals surface area contributed by atoms with E-state index >= 15 is 0 Å². The van der Waals surface area contributed by atoms with Gasteiger partial charge in [-0.2, -0.15) is 0 Å². The molecule has 0 aliphatic heterocycles. The van der Waals surface area contributed by atoms with Gasteiger partial charge >= 0.3 is 0 Å². The van der Waals surface area contributed by atoms with Crippen molar-refractivity contribution in [2.75, 3.05) is 11.1 Å². The largest absolute Gasteiger partial charge is 0.381 e. The van der Waals surface area contributed by atoms with Gasteiger partial charge in [0.05, 0.1) is 5.75 Å². The molecule has 1 amide bonds. The third-order valence-corrected chi connectivity index (χ3v) is 5.31. The summed E-state index contributed by atoms with van der Waals surface area (Å²) >= 11 is 1.51. The molecule has 1 saturated carbocycles. The molecule has 110 valence electrons. The molecule has 1 aromatic rings. The average Bonchev–Trinajstić information content (AvgIpc) is 2.42. The van der Waals surface area contributed by atoms with Gasteiger partial charge in [0, 0.05) is 16.6 Å². The zero-order chi connectivity index (χ0) is 14.5. The lowest BCUT2D eigenvalue weighted by atomic mass is 9.79. The second-order valence-electron chi connectivity index (χ2n) is 5.86. The number of thioether (sulfide) groups is 1. The van der Waals surface area contributed by atoms with Crippen molar-refractivity contribution in [3.05, 3.63) is 24.3 Å². The van der Waals surface area contributed by atoms with Gasteiger partial charge < -0.3 is 11.1 Å². The number of para-hydroxylation sites is 1. The SMILES string of the molecule is CC1CCC(Nc2ccccc2SCC(N)=O)CC1C. The van der Waals surface area contributed by atoms with Gasteiger partial charge in [-0.05, 0) is 43.2 Å². The number of nitrogens with two attached hydrogens (primary N) is 1. The molecule has 2 rings (SSSR count). The highest BCUT2D eigenvalue weighted by atomic mass is 32.2. The normalized spacial score (nSPS) is 26.2. The highest BCUT2D eigenvalue weighted by Crippen LogP contribution is 2.33. The van der Waals surface area contributed by atoms with Crippen LogP contribution in [-0.2, 0) is 4.79 Å². The zero-order valence-corrected chi connectivity index (χ0v) is 13.1. The monoisotopic (exact) mass is 292 g/mol. The molecule has 3 nitrogen and oxygen atoms in total. The topological polar surface area (TPSA) is 55.1 Å². The van der Waals surface area contributed by atoms with Gasteiger partial charge in [0.1, 0.15) is 0 Å². The van der Waals surface area contributed by atoms with E-state index in [1.807, 2.05) is 18.2 Å². The summed E-state index contributed by atoms with van der Waals surface area (Å²) in [6.07, 6.45) is 3.73. The van der Waals surface area contributed by atoms with Crippen molar-refractivity contribution in [3.63, 3.8) is 0 Å². The number of hydrogen-bond acceptors (Lipinski definition) is 3. The first-order valence-electron chi connectivity index (χ1n) is 7.33. The van der Waals surface area contributed by atoms with E-state index in [2.05, 4.69) is 25.2 Å². The molecule has 0 bridgehead atoms. The highest BCUT2D eigenvalue weighted by Gasteiger charge is 2.24. The van der Waals surface area contributed by atoms with Crippen molar-refractivity contribution in [1.82, 2.24) is 0 Å². The van der Waals surface area contributed by atoms with E-state index < -0.39 is 0 Å². The molecule has 20 heavy (non-hydrogen) atoms. The Morgan fingerprint density at radius 3 is 2.75 bits per heavy atom. The Bertz CT molecular complexity index is 464. The van der Waals surface area contributed by atoms with Crippen molar-refractivity contribution >= 4 is 23.4 Å². The predicted octanol–water partition coefficient (Wildman–Crippen LogP) is 3.50. The summed E-state index contributed by atoms with van der Waals surface area (Å²) in [6.45, 7) is 4.68. The van der Waals surface area contributed by atoms with Gasteiger partial charge in [0.25, 0.3) is 0 Å². The van der Waals surface area contributed by atoms with Crippen LogP contribution in [0.4, 0.5) is 5.69 Å². The third-order valence-electron chi connectivity index (χ3n) is 4.21. The van der Waals surface area contributed by atoms with Crippen molar-refractivity contribution in [3.8, 4) is 0 Å². The maximum Gasteiger partial charge on any atom is 0.227 e. The number of carbonyl (C=O) groups is 1. The van der Waals surface area contributed by atoms with Crippen LogP contribution in [0.15, 0.2) is 29.2 Å². The van der Waals surface area contributed by atoms with Gasteiger partial charge in [0.15, 0.2) is 0 Å². The van der Waals surface area contributed by atoms with Gasteiger partial charge in [-0.15, -0.1) is 11.8 Å². The minimum Gasteiger partial charge on any atom is -0.381 e. The van der Waals surface area contributed by atoms with Crippen molar-refractivity contribution < 1.29 is 4.79 Å². The van der Waals surface area contributed by atoms with E-state index in [4.69, 9.17) is 5.73 Å². The zero-order valence-electron chi connectivity index (χ0n) is 12.3. The Labute approximate surface area is 125 Å². The van der Waals surface area contributed by atoms with Gasteiger partial charge in [-0.25, -0.2) is 0 Å². The third kappa shape index (κ3) is 4.17. The van der Waals surface area contributed by atoms with Crippen molar-refractivity contribution in [2.45, 2.75) is 44.0 Å². The molecule has 0 heterocycles. The highest BCUT2D eigenvalue weighted by molar-refractivity contribution is 8.00. The number of amides is 1. The Morgan fingerprint density at radius 1 is 1.30 bits per heavy atom. The first-order valence-corrected chi connectivity index (χ1v) is 8.31. The summed E-state index contributed by atoms with van der Waals surface area (Å²) in [5.74, 6) is 1.65. The van der Waals surface area contributed by atoms with Crippen LogP contribution in [0.5, 0.6) is 0 Å². The van der Waals surface area contributed by atoms with Crippen LogP contribution in [0.3, 0.4) is 0 Å². The van der Waals surface area contributed by atoms with Crippen LogP contribution in [0.1, 0.15) is 33.1 Å². The molecule has 3 atom stereocenters. The van der Waals surface area contributed by atoms with Crippen LogP contribution < -0.4 is 11.1 Å². The van der Waals surface area contributed by atoms with E-state index in [0.29, 0.717) is 11.8 Å². The maximum absolute atomic E-state index is 10.9.